The van der Waals surface area contributed by atoms with Crippen LogP contribution in [-0.2, 0) is 4.79 Å². The van der Waals surface area contributed by atoms with E-state index in [1.807, 2.05) is 54.6 Å². The molecule has 1 fully saturated rings. The monoisotopic (exact) mass is 264 g/mol. The van der Waals surface area contributed by atoms with E-state index in [1.54, 1.807) is 6.26 Å². The lowest BCUT2D eigenvalue weighted by Gasteiger charge is -2.16. The summed E-state index contributed by atoms with van der Waals surface area (Å²) in [5, 5.41) is 0. The molecule has 0 N–H and O–H groups in total. The Labute approximate surface area is 118 Å². The summed E-state index contributed by atoms with van der Waals surface area (Å²) in [5.41, 5.74) is 2.81. The zero-order chi connectivity index (χ0) is 13.8. The summed E-state index contributed by atoms with van der Waals surface area (Å²) in [4.78, 5) is 12.5. The van der Waals surface area contributed by atoms with Gasteiger partial charge in [0.2, 0.25) is 0 Å². The number of Topliss-reactive ketones (excluding diaryl/α,β-unsaturated/α-hetero) is 1. The highest BCUT2D eigenvalue weighted by atomic mass is 16.3. The Bertz CT molecular complexity index is 646. The highest BCUT2D eigenvalue weighted by Crippen LogP contribution is 2.28. The van der Waals surface area contributed by atoms with Gasteiger partial charge in [0.25, 0.3) is 0 Å². The van der Waals surface area contributed by atoms with Gasteiger partial charge < -0.3 is 4.42 Å². The van der Waals surface area contributed by atoms with Gasteiger partial charge in [-0.1, -0.05) is 30.3 Å². The Morgan fingerprint density at radius 3 is 2.35 bits per heavy atom. The quantitative estimate of drug-likeness (QED) is 0.747. The van der Waals surface area contributed by atoms with Gasteiger partial charge in [-0.2, -0.15) is 0 Å². The van der Waals surface area contributed by atoms with Gasteiger partial charge in [-0.3, -0.25) is 4.79 Å². The summed E-state index contributed by atoms with van der Waals surface area (Å²) in [6.07, 6.45) is 8.17. The molecule has 0 saturated heterocycles. The van der Waals surface area contributed by atoms with Crippen LogP contribution in [0.2, 0.25) is 0 Å². The third-order valence-corrected chi connectivity index (χ3v) is 3.48. The van der Waals surface area contributed by atoms with E-state index in [0.717, 1.165) is 41.7 Å². The van der Waals surface area contributed by atoms with Crippen molar-refractivity contribution in [2.45, 2.75) is 19.3 Å². The molecule has 0 bridgehead atoms. The first kappa shape index (κ1) is 12.7. The highest BCUT2D eigenvalue weighted by molar-refractivity contribution is 6.13. The number of benzene rings is 1. The maximum atomic E-state index is 12.5. The van der Waals surface area contributed by atoms with Crippen molar-refractivity contribution < 1.29 is 9.21 Å². The SMILES string of the molecule is O=C1C(=Cc2ccco2)CCC/C1=C\c1ccccc1. The van der Waals surface area contributed by atoms with Crippen LogP contribution in [0, 0.1) is 0 Å². The summed E-state index contributed by atoms with van der Waals surface area (Å²) in [5.74, 6) is 0.894. The average Bonchev–Trinajstić information content (AvgIpc) is 2.97. The molecule has 0 aliphatic heterocycles. The normalized spacial score (nSPS) is 19.7. The largest absolute Gasteiger partial charge is 0.465 e. The van der Waals surface area contributed by atoms with Gasteiger partial charge in [-0.05, 0) is 49.1 Å². The highest BCUT2D eigenvalue weighted by Gasteiger charge is 2.20. The number of rotatable bonds is 2. The zero-order valence-electron chi connectivity index (χ0n) is 11.2. The summed E-state index contributed by atoms with van der Waals surface area (Å²) < 4.78 is 5.29. The van der Waals surface area contributed by atoms with E-state index in [0.29, 0.717) is 0 Å². The van der Waals surface area contributed by atoms with E-state index in [4.69, 9.17) is 4.42 Å². The first-order valence-electron chi connectivity index (χ1n) is 6.87. The Morgan fingerprint density at radius 2 is 1.65 bits per heavy atom. The van der Waals surface area contributed by atoms with Crippen LogP contribution < -0.4 is 0 Å². The Kier molecular flexibility index (Phi) is 3.64. The van der Waals surface area contributed by atoms with Crippen LogP contribution in [0.5, 0.6) is 0 Å². The van der Waals surface area contributed by atoms with Crippen LogP contribution in [-0.4, -0.2) is 5.78 Å². The smallest absolute Gasteiger partial charge is 0.185 e. The van der Waals surface area contributed by atoms with Crippen molar-refractivity contribution in [3.8, 4) is 0 Å². The molecule has 1 aromatic heterocycles. The molecule has 1 heterocycles. The molecular formula is C18H16O2. The number of allylic oxidation sites excluding steroid dienone is 2. The van der Waals surface area contributed by atoms with Crippen molar-refractivity contribution >= 4 is 17.9 Å². The third-order valence-electron chi connectivity index (χ3n) is 3.48. The average molecular weight is 264 g/mol. The minimum absolute atomic E-state index is 0.150. The maximum Gasteiger partial charge on any atom is 0.185 e. The first-order valence-corrected chi connectivity index (χ1v) is 6.87. The van der Waals surface area contributed by atoms with Crippen LogP contribution in [0.25, 0.3) is 12.2 Å². The molecule has 20 heavy (non-hydrogen) atoms. The number of ketones is 1. The lowest BCUT2D eigenvalue weighted by Crippen LogP contribution is -2.12. The van der Waals surface area contributed by atoms with E-state index in [-0.39, 0.29) is 5.78 Å². The molecule has 3 rings (SSSR count). The van der Waals surface area contributed by atoms with Crippen molar-refractivity contribution in [2.75, 3.05) is 0 Å². The molecule has 100 valence electrons. The molecule has 1 saturated carbocycles. The van der Waals surface area contributed by atoms with Crippen LogP contribution in [0.4, 0.5) is 0 Å². The molecule has 1 aromatic carbocycles. The van der Waals surface area contributed by atoms with Gasteiger partial charge in [-0.25, -0.2) is 0 Å². The number of carbonyl (C=O) groups excluding carboxylic acids is 1. The Morgan fingerprint density at radius 1 is 0.900 bits per heavy atom. The Hall–Kier alpha value is -2.35. The first-order chi connectivity index (χ1) is 9.83. The predicted molar refractivity (Wildman–Crippen MR) is 80.0 cm³/mol. The van der Waals surface area contributed by atoms with E-state index in [1.165, 1.54) is 0 Å². The van der Waals surface area contributed by atoms with Crippen LogP contribution in [0.3, 0.4) is 0 Å². The predicted octanol–water partition coefficient (Wildman–Crippen LogP) is 4.50. The van der Waals surface area contributed by atoms with Gasteiger partial charge >= 0.3 is 0 Å². The second-order valence-corrected chi connectivity index (χ2v) is 4.95. The summed E-state index contributed by atoms with van der Waals surface area (Å²) in [7, 11) is 0. The standard InChI is InChI=1S/C18H16O2/c19-18-15(12-14-6-2-1-3-7-14)8-4-9-16(18)13-17-10-5-11-20-17/h1-3,5-7,10-13H,4,8-9H2/b15-12+,16-13?. The van der Waals surface area contributed by atoms with Crippen molar-refractivity contribution in [2.24, 2.45) is 0 Å². The lowest BCUT2D eigenvalue weighted by molar-refractivity contribution is -0.112. The third kappa shape index (κ3) is 2.80. The van der Waals surface area contributed by atoms with Gasteiger partial charge in [0.05, 0.1) is 6.26 Å². The fraction of sp³-hybridized carbons (Fsp3) is 0.167. The zero-order valence-corrected chi connectivity index (χ0v) is 11.2. The van der Waals surface area contributed by atoms with E-state index in [2.05, 4.69) is 0 Å². The lowest BCUT2D eigenvalue weighted by atomic mass is 9.87. The van der Waals surface area contributed by atoms with Gasteiger partial charge in [0.15, 0.2) is 5.78 Å². The molecule has 0 atom stereocenters. The minimum atomic E-state index is 0.150. The topological polar surface area (TPSA) is 30.2 Å². The van der Waals surface area contributed by atoms with Crippen molar-refractivity contribution in [1.29, 1.82) is 0 Å². The maximum absolute atomic E-state index is 12.5. The van der Waals surface area contributed by atoms with Crippen LogP contribution in [0.1, 0.15) is 30.6 Å². The molecule has 2 aromatic rings. The second kappa shape index (κ2) is 5.74. The molecule has 1 aliphatic rings. The van der Waals surface area contributed by atoms with Gasteiger partial charge in [0, 0.05) is 11.1 Å². The molecule has 0 spiro atoms. The molecule has 2 nitrogen and oxygen atoms in total. The van der Waals surface area contributed by atoms with Crippen molar-refractivity contribution in [3.63, 3.8) is 0 Å². The van der Waals surface area contributed by atoms with Crippen LogP contribution >= 0.6 is 0 Å². The number of carbonyl (C=O) groups is 1. The molecule has 0 amide bonds. The second-order valence-electron chi connectivity index (χ2n) is 4.95. The molecule has 0 unspecified atom stereocenters. The summed E-state index contributed by atoms with van der Waals surface area (Å²) in [6, 6.07) is 13.7. The van der Waals surface area contributed by atoms with Crippen molar-refractivity contribution in [3.05, 3.63) is 71.2 Å². The van der Waals surface area contributed by atoms with Crippen LogP contribution in [0.15, 0.2) is 64.3 Å². The van der Waals surface area contributed by atoms with Gasteiger partial charge in [-0.15, -0.1) is 0 Å². The number of furan rings is 1. The number of hydrogen-bond donors (Lipinski definition) is 0. The molecule has 1 aliphatic carbocycles. The molecular weight excluding hydrogens is 248 g/mol. The van der Waals surface area contributed by atoms with Crippen molar-refractivity contribution in [1.82, 2.24) is 0 Å². The fourth-order valence-electron chi connectivity index (χ4n) is 2.47. The van der Waals surface area contributed by atoms with Gasteiger partial charge in [0.1, 0.15) is 5.76 Å². The fourth-order valence-corrected chi connectivity index (χ4v) is 2.47. The number of hydrogen-bond acceptors (Lipinski definition) is 2. The minimum Gasteiger partial charge on any atom is -0.465 e. The molecule has 0 radical (unpaired) electrons. The van der Waals surface area contributed by atoms with E-state index < -0.39 is 0 Å². The van der Waals surface area contributed by atoms with E-state index >= 15 is 0 Å². The summed E-state index contributed by atoms with van der Waals surface area (Å²) >= 11 is 0. The Balaban J connectivity index is 1.88. The summed E-state index contributed by atoms with van der Waals surface area (Å²) in [6.45, 7) is 0. The van der Waals surface area contributed by atoms with E-state index in [9.17, 15) is 4.79 Å². The molecule has 2 heteroatoms.